The lowest BCUT2D eigenvalue weighted by atomic mass is 9.94. The van der Waals surface area contributed by atoms with E-state index in [0.717, 1.165) is 19.5 Å². The fraction of sp³-hybridized carbons (Fsp3) is 1.00. The van der Waals surface area contributed by atoms with E-state index in [1.165, 1.54) is 0 Å². The summed E-state index contributed by atoms with van der Waals surface area (Å²) in [5, 5.41) is 3.43. The van der Waals surface area contributed by atoms with Crippen molar-refractivity contribution in [1.29, 1.82) is 0 Å². The third-order valence-corrected chi connectivity index (χ3v) is 3.42. The number of nitrogens with one attached hydrogen (secondary N) is 1. The van der Waals surface area contributed by atoms with Crippen LogP contribution in [0.15, 0.2) is 0 Å². The first-order valence-corrected chi connectivity index (χ1v) is 5.95. The van der Waals surface area contributed by atoms with Crippen LogP contribution in [0.25, 0.3) is 0 Å². The number of halogens is 3. The molecule has 0 amide bonds. The maximum atomic E-state index is 11.9. The van der Waals surface area contributed by atoms with E-state index in [1.54, 1.807) is 0 Å². The molecule has 1 aliphatic heterocycles. The van der Waals surface area contributed by atoms with Crippen molar-refractivity contribution in [2.45, 2.75) is 45.1 Å². The van der Waals surface area contributed by atoms with Gasteiger partial charge in [0.05, 0.1) is 6.61 Å². The highest BCUT2D eigenvalue weighted by Crippen LogP contribution is 2.20. The van der Waals surface area contributed by atoms with Crippen LogP contribution in [0.3, 0.4) is 0 Å². The lowest BCUT2D eigenvalue weighted by Crippen LogP contribution is -2.62. The molecule has 0 spiro atoms. The van der Waals surface area contributed by atoms with Gasteiger partial charge in [-0.1, -0.05) is 6.92 Å². The second kappa shape index (κ2) is 5.54. The van der Waals surface area contributed by atoms with Gasteiger partial charge in [0.15, 0.2) is 0 Å². The summed E-state index contributed by atoms with van der Waals surface area (Å²) < 4.78 is 39.4. The Labute approximate surface area is 100 Å². The van der Waals surface area contributed by atoms with E-state index in [4.69, 9.17) is 0 Å². The Hall–Kier alpha value is -0.330. The van der Waals surface area contributed by atoms with Crippen molar-refractivity contribution in [3.63, 3.8) is 0 Å². The molecule has 0 aromatic heterocycles. The SMILES string of the molecule is CCC1(C)CN(CCOC(F)(F)F)C(C)CN1. The zero-order chi connectivity index (χ0) is 13.1. The lowest BCUT2D eigenvalue weighted by molar-refractivity contribution is -0.325. The van der Waals surface area contributed by atoms with Crippen molar-refractivity contribution in [2.75, 3.05) is 26.2 Å². The molecule has 1 fully saturated rings. The maximum absolute atomic E-state index is 11.9. The number of hydrogen-bond acceptors (Lipinski definition) is 3. The Morgan fingerprint density at radius 2 is 2.12 bits per heavy atom. The maximum Gasteiger partial charge on any atom is 0.522 e. The number of alkyl halides is 3. The average molecular weight is 254 g/mol. The number of hydrogen-bond donors (Lipinski definition) is 1. The van der Waals surface area contributed by atoms with Gasteiger partial charge in [-0.25, -0.2) is 0 Å². The smallest absolute Gasteiger partial charge is 0.309 e. The Morgan fingerprint density at radius 1 is 1.47 bits per heavy atom. The summed E-state index contributed by atoms with van der Waals surface area (Å²) in [6.45, 7) is 7.76. The summed E-state index contributed by atoms with van der Waals surface area (Å²) in [5.41, 5.74) is -0.00918. The number of rotatable bonds is 4. The molecule has 0 radical (unpaired) electrons. The molecule has 2 unspecified atom stereocenters. The molecule has 3 nitrogen and oxygen atoms in total. The minimum Gasteiger partial charge on any atom is -0.309 e. The highest BCUT2D eigenvalue weighted by Gasteiger charge is 2.34. The molecule has 17 heavy (non-hydrogen) atoms. The standard InChI is InChI=1S/C11H21F3N2O/c1-4-10(3)8-16(9(2)7-15-10)5-6-17-11(12,13)14/h9,15H,4-8H2,1-3H3. The molecule has 1 saturated heterocycles. The van der Waals surface area contributed by atoms with Gasteiger partial charge < -0.3 is 5.32 Å². The summed E-state index contributed by atoms with van der Waals surface area (Å²) >= 11 is 0. The molecular formula is C11H21F3N2O. The average Bonchev–Trinajstić information content (AvgIpc) is 2.22. The van der Waals surface area contributed by atoms with Gasteiger partial charge in [0, 0.05) is 31.2 Å². The molecule has 0 aromatic carbocycles. The Balaban J connectivity index is 2.40. The minimum atomic E-state index is -4.52. The molecule has 0 saturated carbocycles. The van der Waals surface area contributed by atoms with Gasteiger partial charge in [0.25, 0.3) is 0 Å². The first-order valence-electron chi connectivity index (χ1n) is 5.95. The van der Waals surface area contributed by atoms with Gasteiger partial charge in [-0.2, -0.15) is 0 Å². The van der Waals surface area contributed by atoms with E-state index >= 15 is 0 Å². The van der Waals surface area contributed by atoms with Gasteiger partial charge >= 0.3 is 6.36 Å². The van der Waals surface area contributed by atoms with Crippen LogP contribution < -0.4 is 5.32 Å². The van der Waals surface area contributed by atoms with Gasteiger partial charge in [-0.05, 0) is 20.3 Å². The zero-order valence-corrected chi connectivity index (χ0v) is 10.6. The fourth-order valence-electron chi connectivity index (χ4n) is 2.00. The Morgan fingerprint density at radius 3 is 2.65 bits per heavy atom. The summed E-state index contributed by atoms with van der Waals surface area (Å²) in [4.78, 5) is 2.05. The first kappa shape index (κ1) is 14.7. The molecule has 0 bridgehead atoms. The van der Waals surface area contributed by atoms with Crippen LogP contribution in [0.2, 0.25) is 0 Å². The predicted molar refractivity (Wildman–Crippen MR) is 59.7 cm³/mol. The van der Waals surface area contributed by atoms with E-state index in [1.807, 2.05) is 11.8 Å². The van der Waals surface area contributed by atoms with Crippen LogP contribution in [0.4, 0.5) is 13.2 Å². The van der Waals surface area contributed by atoms with Gasteiger partial charge in [0.1, 0.15) is 0 Å². The molecule has 1 rings (SSSR count). The molecule has 2 atom stereocenters. The van der Waals surface area contributed by atoms with Crippen molar-refractivity contribution < 1.29 is 17.9 Å². The number of piperazine rings is 1. The number of nitrogens with zero attached hydrogens (tertiary/aromatic N) is 1. The van der Waals surface area contributed by atoms with E-state index < -0.39 is 6.36 Å². The number of ether oxygens (including phenoxy) is 1. The largest absolute Gasteiger partial charge is 0.522 e. The van der Waals surface area contributed by atoms with E-state index in [2.05, 4.69) is 23.9 Å². The van der Waals surface area contributed by atoms with E-state index in [9.17, 15) is 13.2 Å². The highest BCUT2D eigenvalue weighted by atomic mass is 19.4. The molecule has 102 valence electrons. The summed E-state index contributed by atoms with van der Waals surface area (Å²) in [6, 6.07) is 0.242. The minimum absolute atomic E-state index is 0.00918. The van der Waals surface area contributed by atoms with Crippen LogP contribution in [-0.4, -0.2) is 49.1 Å². The van der Waals surface area contributed by atoms with Crippen LogP contribution >= 0.6 is 0 Å². The monoisotopic (exact) mass is 254 g/mol. The van der Waals surface area contributed by atoms with E-state index in [0.29, 0.717) is 6.54 Å². The fourth-order valence-corrected chi connectivity index (χ4v) is 2.00. The molecule has 1 heterocycles. The second-order valence-electron chi connectivity index (χ2n) is 4.91. The van der Waals surface area contributed by atoms with Crippen LogP contribution in [0, 0.1) is 0 Å². The van der Waals surface area contributed by atoms with Crippen molar-refractivity contribution in [2.24, 2.45) is 0 Å². The normalized spacial score (nSPS) is 31.8. The topological polar surface area (TPSA) is 24.5 Å². The lowest BCUT2D eigenvalue weighted by Gasteiger charge is -2.44. The molecular weight excluding hydrogens is 233 g/mol. The molecule has 1 N–H and O–H groups in total. The third kappa shape index (κ3) is 4.81. The van der Waals surface area contributed by atoms with Gasteiger partial charge in [-0.3, -0.25) is 9.64 Å². The zero-order valence-electron chi connectivity index (χ0n) is 10.6. The molecule has 6 heteroatoms. The van der Waals surface area contributed by atoms with Crippen LogP contribution in [-0.2, 0) is 4.74 Å². The molecule has 1 aliphatic rings. The molecule has 0 aliphatic carbocycles. The third-order valence-electron chi connectivity index (χ3n) is 3.42. The van der Waals surface area contributed by atoms with E-state index in [-0.39, 0.29) is 18.2 Å². The van der Waals surface area contributed by atoms with Gasteiger partial charge in [-0.15, -0.1) is 13.2 Å². The van der Waals surface area contributed by atoms with Crippen molar-refractivity contribution in [3.8, 4) is 0 Å². The summed E-state index contributed by atoms with van der Waals surface area (Å²) in [5.74, 6) is 0. The van der Waals surface area contributed by atoms with Crippen LogP contribution in [0.5, 0.6) is 0 Å². The highest BCUT2D eigenvalue weighted by molar-refractivity contribution is 4.92. The summed E-state index contributed by atoms with van der Waals surface area (Å²) in [7, 11) is 0. The molecule has 0 aromatic rings. The summed E-state index contributed by atoms with van der Waals surface area (Å²) in [6.07, 6.45) is -3.57. The Kier molecular flexibility index (Phi) is 4.80. The quantitative estimate of drug-likeness (QED) is 0.830. The first-order chi connectivity index (χ1) is 7.76. The Bertz CT molecular complexity index is 247. The van der Waals surface area contributed by atoms with Crippen molar-refractivity contribution >= 4 is 0 Å². The van der Waals surface area contributed by atoms with Crippen molar-refractivity contribution in [1.82, 2.24) is 10.2 Å². The van der Waals surface area contributed by atoms with Gasteiger partial charge in [0.2, 0.25) is 0 Å². The van der Waals surface area contributed by atoms with Crippen molar-refractivity contribution in [3.05, 3.63) is 0 Å². The second-order valence-corrected chi connectivity index (χ2v) is 4.91. The van der Waals surface area contributed by atoms with Crippen LogP contribution in [0.1, 0.15) is 27.2 Å². The predicted octanol–water partition coefficient (Wildman–Crippen LogP) is 1.99.